The van der Waals surface area contributed by atoms with Gasteiger partial charge in [0.1, 0.15) is 10.7 Å². The predicted molar refractivity (Wildman–Crippen MR) is 96.9 cm³/mol. The van der Waals surface area contributed by atoms with Crippen LogP contribution >= 0.6 is 35.3 Å². The minimum absolute atomic E-state index is 0.0932. The second-order valence-electron chi connectivity index (χ2n) is 4.97. The molecule has 0 saturated carbocycles. The number of aromatic amines is 2. The van der Waals surface area contributed by atoms with E-state index < -0.39 is 0 Å². The van der Waals surface area contributed by atoms with E-state index in [4.69, 9.17) is 12.2 Å². The van der Waals surface area contributed by atoms with E-state index in [1.807, 2.05) is 18.4 Å². The monoisotopic (exact) mass is 365 g/mol. The predicted octanol–water partition coefficient (Wildman–Crippen LogP) is 3.33. The minimum Gasteiger partial charge on any atom is -0.301 e. The van der Waals surface area contributed by atoms with Gasteiger partial charge in [-0.1, -0.05) is 17.8 Å². The summed E-state index contributed by atoms with van der Waals surface area (Å²) in [5.74, 6) is 1.35. The molecule has 0 unspecified atom stereocenters. The molecule has 0 spiro atoms. The molecule has 0 fully saturated rings. The summed E-state index contributed by atoms with van der Waals surface area (Å²) in [6, 6.07) is 0. The van der Waals surface area contributed by atoms with E-state index in [-0.39, 0.29) is 5.56 Å². The highest BCUT2D eigenvalue weighted by Crippen LogP contribution is 2.27. The standard InChI is InChI=1S/C14H15N5OS3/c1-4-5-19-9(17-18-14(19)21)6-22-13-15-11(20)10-7(2)8(3)23-12(10)16-13/h4H,1,5-6H2,2-3H3,(H,18,21)(H,15,16,20). The number of thiophene rings is 1. The first-order valence-corrected chi connectivity index (χ1v) is 9.10. The van der Waals surface area contributed by atoms with E-state index in [1.165, 1.54) is 11.8 Å². The molecule has 0 aliphatic rings. The average molecular weight is 366 g/mol. The molecule has 0 amide bonds. The number of aryl methyl sites for hydroxylation is 2. The van der Waals surface area contributed by atoms with Crippen LogP contribution in [-0.4, -0.2) is 24.7 Å². The van der Waals surface area contributed by atoms with E-state index >= 15 is 0 Å². The molecule has 3 rings (SSSR count). The van der Waals surface area contributed by atoms with E-state index in [0.29, 0.717) is 27.6 Å². The van der Waals surface area contributed by atoms with Crippen LogP contribution in [0.25, 0.3) is 10.2 Å². The Labute approximate surface area is 145 Å². The van der Waals surface area contributed by atoms with Gasteiger partial charge in [-0.25, -0.2) is 4.98 Å². The Morgan fingerprint density at radius 3 is 3.00 bits per heavy atom. The first-order valence-electron chi connectivity index (χ1n) is 6.89. The lowest BCUT2D eigenvalue weighted by molar-refractivity contribution is 0.765. The Morgan fingerprint density at radius 1 is 1.48 bits per heavy atom. The van der Waals surface area contributed by atoms with E-state index in [9.17, 15) is 4.79 Å². The van der Waals surface area contributed by atoms with Crippen LogP contribution in [-0.2, 0) is 12.3 Å². The van der Waals surface area contributed by atoms with Crippen LogP contribution in [0.4, 0.5) is 0 Å². The maximum atomic E-state index is 12.3. The van der Waals surface area contributed by atoms with Crippen molar-refractivity contribution < 1.29 is 0 Å². The molecule has 6 nitrogen and oxygen atoms in total. The third kappa shape index (κ3) is 3.04. The molecular formula is C14H15N5OS3. The normalized spacial score (nSPS) is 11.2. The van der Waals surface area contributed by atoms with Crippen LogP contribution in [0.15, 0.2) is 22.6 Å². The van der Waals surface area contributed by atoms with Gasteiger partial charge in [-0.3, -0.25) is 14.5 Å². The van der Waals surface area contributed by atoms with E-state index in [1.54, 1.807) is 17.4 Å². The summed E-state index contributed by atoms with van der Waals surface area (Å²) in [5, 5.41) is 8.26. The van der Waals surface area contributed by atoms with Gasteiger partial charge in [0, 0.05) is 11.4 Å². The second-order valence-corrected chi connectivity index (χ2v) is 7.52. The van der Waals surface area contributed by atoms with Crippen LogP contribution in [0.5, 0.6) is 0 Å². The van der Waals surface area contributed by atoms with Crippen LogP contribution in [0.2, 0.25) is 0 Å². The van der Waals surface area contributed by atoms with Crippen LogP contribution in [0, 0.1) is 18.6 Å². The Bertz CT molecular complexity index is 994. The minimum atomic E-state index is -0.0932. The highest BCUT2D eigenvalue weighted by Gasteiger charge is 2.13. The number of allylic oxidation sites excluding steroid dienone is 1. The molecule has 0 aliphatic carbocycles. The van der Waals surface area contributed by atoms with Crippen molar-refractivity contribution in [2.24, 2.45) is 0 Å². The fraction of sp³-hybridized carbons (Fsp3) is 0.286. The maximum absolute atomic E-state index is 12.3. The van der Waals surface area contributed by atoms with Crippen molar-refractivity contribution in [2.75, 3.05) is 0 Å². The Morgan fingerprint density at radius 2 is 2.26 bits per heavy atom. The molecule has 0 aliphatic heterocycles. The Balaban J connectivity index is 1.89. The summed E-state index contributed by atoms with van der Waals surface area (Å²) >= 11 is 8.16. The molecule has 120 valence electrons. The van der Waals surface area contributed by atoms with E-state index in [0.717, 1.165) is 21.1 Å². The zero-order valence-electron chi connectivity index (χ0n) is 12.7. The number of nitrogens with zero attached hydrogens (tertiary/aromatic N) is 3. The maximum Gasteiger partial charge on any atom is 0.260 e. The van der Waals surface area contributed by atoms with Gasteiger partial charge in [-0.2, -0.15) is 5.10 Å². The van der Waals surface area contributed by atoms with Crippen molar-refractivity contribution in [2.45, 2.75) is 31.3 Å². The van der Waals surface area contributed by atoms with Crippen molar-refractivity contribution in [3.8, 4) is 0 Å². The van der Waals surface area contributed by atoms with Gasteiger partial charge >= 0.3 is 0 Å². The third-order valence-corrected chi connectivity index (χ3v) is 5.79. The molecule has 3 heterocycles. The topological polar surface area (TPSA) is 79.4 Å². The highest BCUT2D eigenvalue weighted by atomic mass is 32.2. The molecule has 23 heavy (non-hydrogen) atoms. The summed E-state index contributed by atoms with van der Waals surface area (Å²) < 4.78 is 2.42. The van der Waals surface area contributed by atoms with Crippen LogP contribution in [0.1, 0.15) is 16.3 Å². The average Bonchev–Trinajstić information content (AvgIpc) is 2.99. The van der Waals surface area contributed by atoms with Crippen molar-refractivity contribution in [3.63, 3.8) is 0 Å². The molecule has 0 bridgehead atoms. The quantitative estimate of drug-likeness (QED) is 0.314. The molecule has 3 aromatic rings. The Hall–Kier alpha value is -1.71. The smallest absolute Gasteiger partial charge is 0.260 e. The summed E-state index contributed by atoms with van der Waals surface area (Å²) in [5.41, 5.74) is 0.909. The number of thioether (sulfide) groups is 1. The number of hydrogen-bond acceptors (Lipinski definition) is 6. The number of aromatic nitrogens is 5. The SMILES string of the molecule is C=CCn1c(CSc2nc3sc(C)c(C)c3c(=O)[nH]2)n[nH]c1=S. The molecule has 0 saturated heterocycles. The van der Waals surface area contributed by atoms with Crippen LogP contribution in [0.3, 0.4) is 0 Å². The summed E-state index contributed by atoms with van der Waals surface area (Å²) in [6.45, 7) is 8.26. The summed E-state index contributed by atoms with van der Waals surface area (Å²) in [6.07, 6.45) is 1.77. The van der Waals surface area contributed by atoms with E-state index in [2.05, 4.69) is 26.7 Å². The zero-order valence-corrected chi connectivity index (χ0v) is 15.1. The highest BCUT2D eigenvalue weighted by molar-refractivity contribution is 7.98. The first kappa shape index (κ1) is 16.2. The van der Waals surface area contributed by atoms with Gasteiger partial charge in [0.25, 0.3) is 5.56 Å². The lowest BCUT2D eigenvalue weighted by Gasteiger charge is -2.03. The first-order chi connectivity index (χ1) is 11.0. The lowest BCUT2D eigenvalue weighted by Crippen LogP contribution is -2.09. The van der Waals surface area contributed by atoms with Gasteiger partial charge in [0.2, 0.25) is 0 Å². The van der Waals surface area contributed by atoms with Gasteiger partial charge in [-0.15, -0.1) is 17.9 Å². The summed E-state index contributed by atoms with van der Waals surface area (Å²) in [7, 11) is 0. The molecule has 9 heteroatoms. The van der Waals surface area contributed by atoms with Gasteiger partial charge < -0.3 is 4.98 Å². The molecule has 3 aromatic heterocycles. The number of H-pyrrole nitrogens is 2. The fourth-order valence-corrected chi connectivity index (χ4v) is 4.33. The van der Waals surface area contributed by atoms with Crippen molar-refractivity contribution in [1.29, 1.82) is 0 Å². The zero-order chi connectivity index (χ0) is 16.6. The molecular weight excluding hydrogens is 350 g/mol. The molecule has 0 atom stereocenters. The molecule has 2 N–H and O–H groups in total. The lowest BCUT2D eigenvalue weighted by atomic mass is 10.2. The summed E-state index contributed by atoms with van der Waals surface area (Å²) in [4.78, 5) is 21.5. The van der Waals surface area contributed by atoms with Crippen molar-refractivity contribution in [1.82, 2.24) is 24.7 Å². The van der Waals surface area contributed by atoms with Gasteiger partial charge in [0.05, 0.1) is 11.1 Å². The second kappa shape index (κ2) is 6.42. The number of hydrogen-bond donors (Lipinski definition) is 2. The van der Waals surface area contributed by atoms with Gasteiger partial charge in [0.15, 0.2) is 9.93 Å². The third-order valence-electron chi connectivity index (χ3n) is 3.50. The molecule has 0 aromatic carbocycles. The van der Waals surface area contributed by atoms with Crippen molar-refractivity contribution in [3.05, 3.63) is 44.0 Å². The van der Waals surface area contributed by atoms with Crippen LogP contribution < -0.4 is 5.56 Å². The number of nitrogens with one attached hydrogen (secondary N) is 2. The van der Waals surface area contributed by atoms with Gasteiger partial charge in [-0.05, 0) is 31.6 Å². The fourth-order valence-electron chi connectivity index (χ4n) is 2.21. The number of fused-ring (bicyclic) bond motifs is 1. The largest absolute Gasteiger partial charge is 0.301 e. The Kier molecular flexibility index (Phi) is 4.51. The molecule has 0 radical (unpaired) electrons. The van der Waals surface area contributed by atoms with Crippen molar-refractivity contribution >= 4 is 45.5 Å². The number of rotatable bonds is 5.